The van der Waals surface area contributed by atoms with Crippen LogP contribution in [0.15, 0.2) is 70.6 Å². The molecule has 1 amide bonds. The van der Waals surface area contributed by atoms with Crippen LogP contribution in [-0.2, 0) is 11.2 Å². The van der Waals surface area contributed by atoms with E-state index in [4.69, 9.17) is 0 Å². The summed E-state index contributed by atoms with van der Waals surface area (Å²) in [6, 6.07) is 20.4. The summed E-state index contributed by atoms with van der Waals surface area (Å²) >= 11 is 1.79. The van der Waals surface area contributed by atoms with Gasteiger partial charge in [-0.15, -0.1) is 35.7 Å². The standard InChI is InChI=1S/C21H28N4OS.HI/c1-2-22-21(24-15-16-27-19-11-7-4-8-12-19)25-17-20(26)23-14-13-18-9-5-3-6-10-18;/h3-12H,2,13-17H2,1H3,(H,23,26)(H2,22,24,25);1H. The molecule has 0 aliphatic carbocycles. The number of hydrogen-bond acceptors (Lipinski definition) is 3. The second-order valence-electron chi connectivity index (χ2n) is 5.87. The maximum absolute atomic E-state index is 12.0. The van der Waals surface area contributed by atoms with E-state index in [9.17, 15) is 4.79 Å². The van der Waals surface area contributed by atoms with Crippen molar-refractivity contribution >= 4 is 47.6 Å². The molecular weight excluding hydrogens is 483 g/mol. The average Bonchev–Trinajstić information content (AvgIpc) is 2.71. The van der Waals surface area contributed by atoms with Crippen LogP contribution in [0.2, 0.25) is 0 Å². The summed E-state index contributed by atoms with van der Waals surface area (Å²) in [5.74, 6) is 1.53. The molecule has 2 aromatic rings. The van der Waals surface area contributed by atoms with E-state index < -0.39 is 0 Å². The van der Waals surface area contributed by atoms with Gasteiger partial charge in [-0.3, -0.25) is 4.79 Å². The topological polar surface area (TPSA) is 65.5 Å². The Kier molecular flexibility index (Phi) is 13.2. The van der Waals surface area contributed by atoms with Crippen molar-refractivity contribution in [2.24, 2.45) is 4.99 Å². The average molecular weight is 512 g/mol. The Bertz CT molecular complexity index is 698. The van der Waals surface area contributed by atoms with Gasteiger partial charge in [-0.25, -0.2) is 4.99 Å². The quantitative estimate of drug-likeness (QED) is 0.150. The SMILES string of the molecule is CCNC(=NCC(=O)NCCc1ccccc1)NCCSc1ccccc1.I. The number of rotatable bonds is 10. The van der Waals surface area contributed by atoms with Gasteiger partial charge in [0.15, 0.2) is 5.96 Å². The molecule has 0 saturated carbocycles. The minimum absolute atomic E-state index is 0. The summed E-state index contributed by atoms with van der Waals surface area (Å²) < 4.78 is 0. The van der Waals surface area contributed by atoms with E-state index in [1.54, 1.807) is 11.8 Å². The molecule has 28 heavy (non-hydrogen) atoms. The third-order valence-corrected chi connectivity index (χ3v) is 4.72. The molecule has 152 valence electrons. The molecule has 0 bridgehead atoms. The largest absolute Gasteiger partial charge is 0.357 e. The smallest absolute Gasteiger partial charge is 0.241 e. The summed E-state index contributed by atoms with van der Waals surface area (Å²) in [4.78, 5) is 17.6. The number of amides is 1. The molecule has 0 atom stereocenters. The zero-order chi connectivity index (χ0) is 19.2. The molecule has 3 N–H and O–H groups in total. The maximum Gasteiger partial charge on any atom is 0.241 e. The van der Waals surface area contributed by atoms with Crippen molar-refractivity contribution in [3.63, 3.8) is 0 Å². The van der Waals surface area contributed by atoms with Crippen LogP contribution in [0.1, 0.15) is 12.5 Å². The number of nitrogens with one attached hydrogen (secondary N) is 3. The second-order valence-corrected chi connectivity index (χ2v) is 7.04. The number of aliphatic imine (C=N–C) groups is 1. The zero-order valence-corrected chi connectivity index (χ0v) is 19.3. The van der Waals surface area contributed by atoms with Gasteiger partial charge in [-0.05, 0) is 31.0 Å². The Morgan fingerprint density at radius 2 is 1.61 bits per heavy atom. The highest BCUT2D eigenvalue weighted by Gasteiger charge is 2.02. The first-order valence-corrected chi connectivity index (χ1v) is 10.3. The van der Waals surface area contributed by atoms with Crippen molar-refractivity contribution in [3.05, 3.63) is 66.2 Å². The van der Waals surface area contributed by atoms with Crippen LogP contribution >= 0.6 is 35.7 Å². The fourth-order valence-electron chi connectivity index (χ4n) is 2.39. The number of guanidine groups is 1. The number of carbonyl (C=O) groups is 1. The number of carbonyl (C=O) groups excluding carboxylic acids is 1. The van der Waals surface area contributed by atoms with Crippen molar-refractivity contribution in [2.75, 3.05) is 31.9 Å². The Morgan fingerprint density at radius 3 is 2.29 bits per heavy atom. The highest BCUT2D eigenvalue weighted by molar-refractivity contribution is 14.0. The number of nitrogens with zero attached hydrogens (tertiary/aromatic N) is 1. The van der Waals surface area contributed by atoms with Gasteiger partial charge in [-0.2, -0.15) is 0 Å². The van der Waals surface area contributed by atoms with E-state index in [1.807, 2.05) is 43.3 Å². The zero-order valence-electron chi connectivity index (χ0n) is 16.2. The lowest BCUT2D eigenvalue weighted by molar-refractivity contribution is -0.119. The highest BCUT2D eigenvalue weighted by atomic mass is 127. The van der Waals surface area contributed by atoms with Crippen LogP contribution < -0.4 is 16.0 Å². The second kappa shape index (κ2) is 15.2. The van der Waals surface area contributed by atoms with Crippen molar-refractivity contribution < 1.29 is 4.79 Å². The van der Waals surface area contributed by atoms with E-state index in [-0.39, 0.29) is 36.4 Å². The van der Waals surface area contributed by atoms with Gasteiger partial charge in [0.05, 0.1) is 0 Å². The first kappa shape index (κ1) is 24.3. The van der Waals surface area contributed by atoms with Gasteiger partial charge in [0, 0.05) is 30.3 Å². The van der Waals surface area contributed by atoms with E-state index in [2.05, 4.69) is 45.2 Å². The molecule has 0 fully saturated rings. The van der Waals surface area contributed by atoms with Crippen molar-refractivity contribution in [2.45, 2.75) is 18.2 Å². The molecule has 7 heteroatoms. The summed E-state index contributed by atoms with van der Waals surface area (Å²) in [6.07, 6.45) is 0.825. The van der Waals surface area contributed by atoms with E-state index in [0.29, 0.717) is 12.5 Å². The first-order valence-electron chi connectivity index (χ1n) is 9.28. The molecule has 0 aliphatic heterocycles. The Balaban J connectivity index is 0.00000392. The van der Waals surface area contributed by atoms with Crippen LogP contribution in [0.5, 0.6) is 0 Å². The number of hydrogen-bond donors (Lipinski definition) is 3. The third kappa shape index (κ3) is 10.6. The van der Waals surface area contributed by atoms with Gasteiger partial charge in [0.1, 0.15) is 6.54 Å². The van der Waals surface area contributed by atoms with Gasteiger partial charge in [0.2, 0.25) is 5.91 Å². The van der Waals surface area contributed by atoms with Crippen LogP contribution in [-0.4, -0.2) is 43.8 Å². The first-order chi connectivity index (χ1) is 13.3. The van der Waals surface area contributed by atoms with Gasteiger partial charge < -0.3 is 16.0 Å². The molecule has 0 spiro atoms. The molecule has 2 aromatic carbocycles. The molecule has 0 aromatic heterocycles. The monoisotopic (exact) mass is 512 g/mol. The fourth-order valence-corrected chi connectivity index (χ4v) is 3.18. The summed E-state index contributed by atoms with van der Waals surface area (Å²) in [5.41, 5.74) is 1.22. The Hall–Kier alpha value is -1.74. The van der Waals surface area contributed by atoms with Gasteiger partial charge >= 0.3 is 0 Å². The van der Waals surface area contributed by atoms with Gasteiger partial charge in [-0.1, -0.05) is 48.5 Å². The molecule has 0 radical (unpaired) electrons. The summed E-state index contributed by atoms with van der Waals surface area (Å²) in [5, 5.41) is 9.35. The molecular formula is C21H29IN4OS. The lowest BCUT2D eigenvalue weighted by atomic mass is 10.1. The molecule has 0 aliphatic rings. The van der Waals surface area contributed by atoms with Crippen molar-refractivity contribution in [3.8, 4) is 0 Å². The van der Waals surface area contributed by atoms with Crippen LogP contribution in [0.3, 0.4) is 0 Å². The number of benzene rings is 2. The molecule has 2 rings (SSSR count). The predicted molar refractivity (Wildman–Crippen MR) is 130 cm³/mol. The lowest BCUT2D eigenvalue weighted by Gasteiger charge is -2.11. The normalized spacial score (nSPS) is 10.7. The minimum Gasteiger partial charge on any atom is -0.357 e. The van der Waals surface area contributed by atoms with Crippen LogP contribution in [0, 0.1) is 0 Å². The number of thioether (sulfide) groups is 1. The van der Waals surface area contributed by atoms with E-state index in [0.717, 1.165) is 25.3 Å². The summed E-state index contributed by atoms with van der Waals surface area (Å²) in [6.45, 7) is 4.29. The van der Waals surface area contributed by atoms with Crippen molar-refractivity contribution in [1.29, 1.82) is 0 Å². The van der Waals surface area contributed by atoms with E-state index in [1.165, 1.54) is 10.5 Å². The molecule has 0 saturated heterocycles. The fraction of sp³-hybridized carbons (Fsp3) is 0.333. The maximum atomic E-state index is 12.0. The molecule has 5 nitrogen and oxygen atoms in total. The highest BCUT2D eigenvalue weighted by Crippen LogP contribution is 2.15. The summed E-state index contributed by atoms with van der Waals surface area (Å²) in [7, 11) is 0. The Labute approximate surface area is 189 Å². The predicted octanol–water partition coefficient (Wildman–Crippen LogP) is 3.31. The Morgan fingerprint density at radius 1 is 0.929 bits per heavy atom. The molecule has 0 heterocycles. The minimum atomic E-state index is -0.0678. The van der Waals surface area contributed by atoms with Gasteiger partial charge in [0.25, 0.3) is 0 Å². The lowest BCUT2D eigenvalue weighted by Crippen LogP contribution is -2.39. The van der Waals surface area contributed by atoms with Crippen LogP contribution in [0.25, 0.3) is 0 Å². The van der Waals surface area contributed by atoms with Crippen LogP contribution in [0.4, 0.5) is 0 Å². The third-order valence-electron chi connectivity index (χ3n) is 3.71. The van der Waals surface area contributed by atoms with Crippen molar-refractivity contribution in [1.82, 2.24) is 16.0 Å². The van der Waals surface area contributed by atoms with E-state index >= 15 is 0 Å². The number of halogens is 1. The molecule has 0 unspecified atom stereocenters.